The summed E-state index contributed by atoms with van der Waals surface area (Å²) in [6.45, 7) is 0.721. The summed E-state index contributed by atoms with van der Waals surface area (Å²) in [5.41, 5.74) is 7.37. The highest BCUT2D eigenvalue weighted by molar-refractivity contribution is 5.47. The molecule has 18 heavy (non-hydrogen) atoms. The van der Waals surface area contributed by atoms with E-state index in [1.807, 2.05) is 6.07 Å². The van der Waals surface area contributed by atoms with E-state index in [1.165, 1.54) is 24.8 Å². The Balaban J connectivity index is 1.82. The molecule has 3 nitrogen and oxygen atoms in total. The molecular formula is C15H21NO2. The predicted octanol–water partition coefficient (Wildman–Crippen LogP) is 2.62. The molecule has 0 unspecified atom stereocenters. The van der Waals surface area contributed by atoms with Crippen LogP contribution in [-0.2, 0) is 5.41 Å². The van der Waals surface area contributed by atoms with Crippen molar-refractivity contribution in [1.82, 2.24) is 0 Å². The summed E-state index contributed by atoms with van der Waals surface area (Å²) in [6.07, 6.45) is 6.37. The molecule has 1 aromatic rings. The van der Waals surface area contributed by atoms with E-state index in [0.29, 0.717) is 6.10 Å². The van der Waals surface area contributed by atoms with Crippen LogP contribution in [0.3, 0.4) is 0 Å². The molecule has 2 N–H and O–H groups in total. The summed E-state index contributed by atoms with van der Waals surface area (Å²) in [5.74, 6) is 1.72. The van der Waals surface area contributed by atoms with Crippen LogP contribution in [0, 0.1) is 0 Å². The second-order valence-electron chi connectivity index (χ2n) is 5.52. The number of methoxy groups -OCH3 is 1. The molecule has 0 atom stereocenters. The van der Waals surface area contributed by atoms with Gasteiger partial charge in [0.15, 0.2) is 11.5 Å². The Hall–Kier alpha value is -1.22. The van der Waals surface area contributed by atoms with E-state index in [-0.39, 0.29) is 5.41 Å². The Bertz CT molecular complexity index is 436. The Morgan fingerprint density at radius 3 is 2.56 bits per heavy atom. The molecule has 2 saturated carbocycles. The molecule has 0 heterocycles. The molecule has 0 aromatic heterocycles. The van der Waals surface area contributed by atoms with Gasteiger partial charge in [-0.25, -0.2) is 0 Å². The van der Waals surface area contributed by atoms with Crippen LogP contribution in [0.25, 0.3) is 0 Å². The first-order valence-electron chi connectivity index (χ1n) is 6.83. The summed E-state index contributed by atoms with van der Waals surface area (Å²) >= 11 is 0. The summed E-state index contributed by atoms with van der Waals surface area (Å²) in [4.78, 5) is 0. The van der Waals surface area contributed by atoms with E-state index in [0.717, 1.165) is 30.9 Å². The third kappa shape index (κ3) is 1.97. The molecule has 0 aliphatic heterocycles. The van der Waals surface area contributed by atoms with E-state index in [1.54, 1.807) is 7.11 Å². The fourth-order valence-corrected chi connectivity index (χ4v) is 2.52. The van der Waals surface area contributed by atoms with Crippen LogP contribution < -0.4 is 15.2 Å². The quantitative estimate of drug-likeness (QED) is 0.870. The second kappa shape index (κ2) is 4.47. The molecule has 0 saturated heterocycles. The van der Waals surface area contributed by atoms with E-state index >= 15 is 0 Å². The topological polar surface area (TPSA) is 44.5 Å². The van der Waals surface area contributed by atoms with Gasteiger partial charge in [-0.1, -0.05) is 6.07 Å². The van der Waals surface area contributed by atoms with Crippen LogP contribution in [0.5, 0.6) is 11.5 Å². The van der Waals surface area contributed by atoms with E-state index < -0.39 is 0 Å². The van der Waals surface area contributed by atoms with E-state index in [2.05, 4.69) is 12.1 Å². The fraction of sp³-hybridized carbons (Fsp3) is 0.600. The SMILES string of the molecule is COc1cc(C2(CN)CC2)ccc1OC1CCC1. The molecule has 0 bridgehead atoms. The lowest BCUT2D eigenvalue weighted by molar-refractivity contribution is 0.116. The molecule has 2 aliphatic rings. The van der Waals surface area contributed by atoms with Crippen molar-refractivity contribution >= 4 is 0 Å². The van der Waals surface area contributed by atoms with Crippen molar-refractivity contribution < 1.29 is 9.47 Å². The summed E-state index contributed by atoms with van der Waals surface area (Å²) in [6, 6.07) is 6.30. The summed E-state index contributed by atoms with van der Waals surface area (Å²) < 4.78 is 11.4. The zero-order chi connectivity index (χ0) is 12.6. The van der Waals surface area contributed by atoms with Gasteiger partial charge in [0.25, 0.3) is 0 Å². The first-order valence-corrected chi connectivity index (χ1v) is 6.83. The summed E-state index contributed by atoms with van der Waals surface area (Å²) in [7, 11) is 1.70. The van der Waals surface area contributed by atoms with Gasteiger partial charge < -0.3 is 15.2 Å². The van der Waals surface area contributed by atoms with Crippen LogP contribution in [0.1, 0.15) is 37.7 Å². The standard InChI is InChI=1S/C15H21NO2/c1-17-14-9-11(15(10-16)7-8-15)5-6-13(14)18-12-3-2-4-12/h5-6,9,12H,2-4,7-8,10,16H2,1H3. The molecule has 2 aliphatic carbocycles. The highest BCUT2D eigenvalue weighted by Crippen LogP contribution is 2.49. The lowest BCUT2D eigenvalue weighted by Crippen LogP contribution is -2.25. The van der Waals surface area contributed by atoms with Gasteiger partial charge in [0.05, 0.1) is 13.2 Å². The molecule has 3 rings (SSSR count). The van der Waals surface area contributed by atoms with Crippen molar-refractivity contribution in [3.05, 3.63) is 23.8 Å². The molecule has 0 radical (unpaired) electrons. The number of rotatable bonds is 5. The maximum atomic E-state index is 5.94. The van der Waals surface area contributed by atoms with E-state index in [9.17, 15) is 0 Å². The minimum absolute atomic E-state index is 0.211. The summed E-state index contributed by atoms with van der Waals surface area (Å²) in [5, 5.41) is 0. The monoisotopic (exact) mass is 247 g/mol. The van der Waals surface area contributed by atoms with Crippen molar-refractivity contribution in [1.29, 1.82) is 0 Å². The number of hydrogen-bond donors (Lipinski definition) is 1. The number of nitrogens with two attached hydrogens (primary N) is 1. The lowest BCUT2D eigenvalue weighted by Gasteiger charge is -2.27. The number of ether oxygens (including phenoxy) is 2. The fourth-order valence-electron chi connectivity index (χ4n) is 2.52. The van der Waals surface area contributed by atoms with Gasteiger partial charge in [-0.15, -0.1) is 0 Å². The molecule has 0 spiro atoms. The van der Waals surface area contributed by atoms with Gasteiger partial charge in [0.1, 0.15) is 0 Å². The van der Waals surface area contributed by atoms with Crippen molar-refractivity contribution in [2.75, 3.05) is 13.7 Å². The molecule has 1 aromatic carbocycles. The largest absolute Gasteiger partial charge is 0.493 e. The predicted molar refractivity (Wildman–Crippen MR) is 71.2 cm³/mol. The van der Waals surface area contributed by atoms with Crippen LogP contribution >= 0.6 is 0 Å². The molecular weight excluding hydrogens is 226 g/mol. The minimum atomic E-state index is 0.211. The average Bonchev–Trinajstić information content (AvgIpc) is 3.15. The van der Waals surface area contributed by atoms with Gasteiger partial charge in [-0.05, 0) is 49.8 Å². The second-order valence-corrected chi connectivity index (χ2v) is 5.52. The molecule has 98 valence electrons. The normalized spacial score (nSPS) is 21.2. The Labute approximate surface area is 108 Å². The van der Waals surface area contributed by atoms with Gasteiger partial charge in [-0.2, -0.15) is 0 Å². The number of hydrogen-bond acceptors (Lipinski definition) is 3. The van der Waals surface area contributed by atoms with Gasteiger partial charge in [0.2, 0.25) is 0 Å². The number of benzene rings is 1. The van der Waals surface area contributed by atoms with Crippen molar-refractivity contribution in [2.24, 2.45) is 5.73 Å². The average molecular weight is 247 g/mol. The highest BCUT2D eigenvalue weighted by atomic mass is 16.5. The van der Waals surface area contributed by atoms with Gasteiger partial charge >= 0.3 is 0 Å². The van der Waals surface area contributed by atoms with Crippen LogP contribution in [0.2, 0.25) is 0 Å². The van der Waals surface area contributed by atoms with Gasteiger partial charge in [-0.3, -0.25) is 0 Å². The lowest BCUT2D eigenvalue weighted by atomic mass is 9.95. The van der Waals surface area contributed by atoms with Crippen LogP contribution in [-0.4, -0.2) is 19.8 Å². The smallest absolute Gasteiger partial charge is 0.161 e. The third-order valence-corrected chi connectivity index (χ3v) is 4.37. The Kier molecular flexibility index (Phi) is 2.94. The highest BCUT2D eigenvalue weighted by Gasteiger charge is 2.43. The van der Waals surface area contributed by atoms with Crippen molar-refractivity contribution in [3.63, 3.8) is 0 Å². The first-order chi connectivity index (χ1) is 8.77. The first kappa shape index (κ1) is 11.8. The van der Waals surface area contributed by atoms with Crippen molar-refractivity contribution in [2.45, 2.75) is 43.6 Å². The Morgan fingerprint density at radius 2 is 2.06 bits per heavy atom. The zero-order valence-corrected chi connectivity index (χ0v) is 10.9. The molecule has 3 heteroatoms. The van der Waals surface area contributed by atoms with E-state index in [4.69, 9.17) is 15.2 Å². The Morgan fingerprint density at radius 1 is 1.28 bits per heavy atom. The minimum Gasteiger partial charge on any atom is -0.493 e. The molecule has 0 amide bonds. The third-order valence-electron chi connectivity index (χ3n) is 4.37. The van der Waals surface area contributed by atoms with Crippen LogP contribution in [0.4, 0.5) is 0 Å². The zero-order valence-electron chi connectivity index (χ0n) is 10.9. The van der Waals surface area contributed by atoms with Crippen molar-refractivity contribution in [3.8, 4) is 11.5 Å². The molecule has 2 fully saturated rings. The van der Waals surface area contributed by atoms with Gasteiger partial charge in [0, 0.05) is 12.0 Å². The maximum Gasteiger partial charge on any atom is 0.161 e. The maximum absolute atomic E-state index is 5.94. The van der Waals surface area contributed by atoms with Crippen LogP contribution in [0.15, 0.2) is 18.2 Å².